The summed E-state index contributed by atoms with van der Waals surface area (Å²) in [6, 6.07) is 11.6. The van der Waals surface area contributed by atoms with Crippen molar-refractivity contribution in [3.05, 3.63) is 70.6 Å². The molecular weight excluding hydrogens is 389 g/mol. The fraction of sp³-hybridized carbons (Fsp3) is 0.0526. The van der Waals surface area contributed by atoms with Crippen molar-refractivity contribution >= 4 is 39.5 Å². The molecule has 0 atom stereocenters. The fourth-order valence-electron chi connectivity index (χ4n) is 2.64. The second-order valence-corrected chi connectivity index (χ2v) is 6.96. The van der Waals surface area contributed by atoms with Gasteiger partial charge in [0.1, 0.15) is 17.3 Å². The number of carbonyl (C=O) groups is 1. The fourth-order valence-corrected chi connectivity index (χ4v) is 3.67. The Morgan fingerprint density at radius 3 is 2.93 bits per heavy atom. The van der Waals surface area contributed by atoms with Gasteiger partial charge in [-0.15, -0.1) is 11.3 Å². The van der Waals surface area contributed by atoms with Crippen molar-refractivity contribution in [1.82, 2.24) is 9.38 Å². The van der Waals surface area contributed by atoms with Crippen molar-refractivity contribution in [2.45, 2.75) is 0 Å². The van der Waals surface area contributed by atoms with Crippen LogP contribution in [0.3, 0.4) is 0 Å². The van der Waals surface area contributed by atoms with E-state index in [-0.39, 0.29) is 10.9 Å². The number of halogens is 2. The Labute approximate surface area is 163 Å². The first kappa shape index (κ1) is 17.5. The summed E-state index contributed by atoms with van der Waals surface area (Å²) < 4.78 is 20.2. The Balaban J connectivity index is 1.65. The number of fused-ring (bicyclic) bond motifs is 1. The van der Waals surface area contributed by atoms with Gasteiger partial charge in [-0.1, -0.05) is 23.7 Å². The first-order valence-corrected chi connectivity index (χ1v) is 9.18. The van der Waals surface area contributed by atoms with Crippen molar-refractivity contribution in [3.8, 4) is 17.0 Å². The molecule has 0 saturated carbocycles. The van der Waals surface area contributed by atoms with Gasteiger partial charge in [0.25, 0.3) is 5.91 Å². The van der Waals surface area contributed by atoms with Crippen LogP contribution in [0, 0.1) is 5.82 Å². The molecule has 4 rings (SSSR count). The van der Waals surface area contributed by atoms with E-state index >= 15 is 0 Å². The summed E-state index contributed by atoms with van der Waals surface area (Å²) in [5.41, 5.74) is 2.47. The number of nitrogens with one attached hydrogen (secondary N) is 1. The number of thiazole rings is 1. The van der Waals surface area contributed by atoms with Crippen molar-refractivity contribution in [1.29, 1.82) is 0 Å². The van der Waals surface area contributed by atoms with Crippen molar-refractivity contribution in [2.75, 3.05) is 12.4 Å². The molecule has 0 aliphatic heterocycles. The van der Waals surface area contributed by atoms with Crippen LogP contribution in [-0.4, -0.2) is 22.4 Å². The summed E-state index contributed by atoms with van der Waals surface area (Å²) in [4.78, 5) is 17.9. The van der Waals surface area contributed by atoms with E-state index in [0.29, 0.717) is 16.3 Å². The summed E-state index contributed by atoms with van der Waals surface area (Å²) in [6.45, 7) is 0. The normalized spacial score (nSPS) is 10.9. The van der Waals surface area contributed by atoms with Gasteiger partial charge < -0.3 is 10.1 Å². The van der Waals surface area contributed by atoms with E-state index in [1.807, 2.05) is 24.3 Å². The average molecular weight is 402 g/mol. The number of nitrogens with zero attached hydrogens (tertiary/aromatic N) is 2. The first-order valence-electron chi connectivity index (χ1n) is 7.92. The molecular formula is C19H13ClFN3O2S. The predicted molar refractivity (Wildman–Crippen MR) is 104 cm³/mol. The van der Waals surface area contributed by atoms with Crippen molar-refractivity contribution in [2.24, 2.45) is 0 Å². The van der Waals surface area contributed by atoms with E-state index in [1.165, 1.54) is 29.5 Å². The summed E-state index contributed by atoms with van der Waals surface area (Å²) in [5.74, 6) is -0.140. The van der Waals surface area contributed by atoms with Crippen molar-refractivity contribution in [3.63, 3.8) is 0 Å². The number of imidazole rings is 1. The largest absolute Gasteiger partial charge is 0.497 e. The molecule has 0 bridgehead atoms. The molecule has 27 heavy (non-hydrogen) atoms. The average Bonchev–Trinajstić information content (AvgIpc) is 3.25. The third kappa shape index (κ3) is 3.39. The van der Waals surface area contributed by atoms with Crippen LogP contribution >= 0.6 is 22.9 Å². The highest BCUT2D eigenvalue weighted by Gasteiger charge is 2.16. The lowest BCUT2D eigenvalue weighted by Crippen LogP contribution is -2.13. The molecule has 0 saturated heterocycles. The second kappa shape index (κ2) is 7.02. The monoisotopic (exact) mass is 401 g/mol. The lowest BCUT2D eigenvalue weighted by atomic mass is 10.1. The molecule has 0 unspecified atom stereocenters. The van der Waals surface area contributed by atoms with Crippen LogP contribution < -0.4 is 10.1 Å². The lowest BCUT2D eigenvalue weighted by molar-refractivity contribution is 0.102. The molecule has 0 fully saturated rings. The molecule has 2 aromatic heterocycles. The number of amides is 1. The van der Waals surface area contributed by atoms with Gasteiger partial charge in [0, 0.05) is 22.8 Å². The zero-order valence-electron chi connectivity index (χ0n) is 14.1. The highest BCUT2D eigenvalue weighted by molar-refractivity contribution is 7.15. The zero-order chi connectivity index (χ0) is 19.0. The van der Waals surface area contributed by atoms with E-state index in [1.54, 1.807) is 23.1 Å². The highest BCUT2D eigenvalue weighted by Crippen LogP contribution is 2.27. The Hall–Kier alpha value is -2.90. The molecule has 8 heteroatoms. The van der Waals surface area contributed by atoms with Crippen LogP contribution in [0.1, 0.15) is 10.5 Å². The molecule has 2 aromatic carbocycles. The van der Waals surface area contributed by atoms with E-state index in [2.05, 4.69) is 10.3 Å². The highest BCUT2D eigenvalue weighted by atomic mass is 35.5. The molecule has 0 aliphatic carbocycles. The molecule has 136 valence electrons. The molecule has 5 nitrogen and oxygen atoms in total. The molecule has 1 amide bonds. The van der Waals surface area contributed by atoms with Crippen LogP contribution in [0.15, 0.2) is 54.0 Å². The summed E-state index contributed by atoms with van der Waals surface area (Å²) >= 11 is 7.12. The number of aromatic nitrogens is 2. The first-order chi connectivity index (χ1) is 13.0. The summed E-state index contributed by atoms with van der Waals surface area (Å²) in [5, 5.41) is 4.39. The summed E-state index contributed by atoms with van der Waals surface area (Å²) in [6.07, 6.45) is 1.80. The quantitative estimate of drug-likeness (QED) is 0.516. The summed E-state index contributed by atoms with van der Waals surface area (Å²) in [7, 11) is 1.61. The Morgan fingerprint density at radius 1 is 1.30 bits per heavy atom. The minimum Gasteiger partial charge on any atom is -0.497 e. The molecule has 0 radical (unpaired) electrons. The van der Waals surface area contributed by atoms with Crippen molar-refractivity contribution < 1.29 is 13.9 Å². The van der Waals surface area contributed by atoms with E-state index in [9.17, 15) is 9.18 Å². The van der Waals surface area contributed by atoms with Gasteiger partial charge in [0.15, 0.2) is 4.96 Å². The van der Waals surface area contributed by atoms with E-state index in [0.717, 1.165) is 17.0 Å². The molecule has 4 aromatic rings. The van der Waals surface area contributed by atoms with Crippen LogP contribution in [0.25, 0.3) is 16.2 Å². The van der Waals surface area contributed by atoms with Gasteiger partial charge >= 0.3 is 0 Å². The maximum atomic E-state index is 13.3. The standard InChI is InChI=1S/C19H13ClFN3O2S/c1-26-13-4-2-3-11(7-13)16-9-24-17(10-27-19(24)23-16)18(25)22-12-5-6-15(21)14(20)8-12/h2-10H,1H3,(H,22,25). The minimum absolute atomic E-state index is 0.0498. The number of methoxy groups -OCH3 is 1. The van der Waals surface area contributed by atoms with E-state index in [4.69, 9.17) is 16.3 Å². The van der Waals surface area contributed by atoms with Crippen LogP contribution in [0.4, 0.5) is 10.1 Å². The SMILES string of the molecule is COc1cccc(-c2cn3c(C(=O)Nc4ccc(F)c(Cl)c4)csc3n2)c1. The minimum atomic E-state index is -0.537. The van der Waals surface area contributed by atoms with Crippen LogP contribution in [0.5, 0.6) is 5.75 Å². The number of hydrogen-bond donors (Lipinski definition) is 1. The Kier molecular flexibility index (Phi) is 4.55. The maximum absolute atomic E-state index is 13.3. The molecule has 1 N–H and O–H groups in total. The van der Waals surface area contributed by atoms with Crippen LogP contribution in [0.2, 0.25) is 5.02 Å². The van der Waals surface area contributed by atoms with Gasteiger partial charge in [-0.3, -0.25) is 9.20 Å². The maximum Gasteiger partial charge on any atom is 0.273 e. The topological polar surface area (TPSA) is 55.6 Å². The number of rotatable bonds is 4. The van der Waals surface area contributed by atoms with Gasteiger partial charge in [-0.05, 0) is 30.3 Å². The van der Waals surface area contributed by atoms with E-state index < -0.39 is 5.82 Å². The van der Waals surface area contributed by atoms with Crippen LogP contribution in [-0.2, 0) is 0 Å². The van der Waals surface area contributed by atoms with Gasteiger partial charge in [-0.25, -0.2) is 9.37 Å². The third-order valence-corrected chi connectivity index (χ3v) is 5.11. The lowest BCUT2D eigenvalue weighted by Gasteiger charge is -2.05. The molecule has 2 heterocycles. The number of carbonyl (C=O) groups excluding carboxylic acids is 1. The Morgan fingerprint density at radius 2 is 2.15 bits per heavy atom. The number of anilines is 1. The Bertz CT molecular complexity index is 1160. The zero-order valence-corrected chi connectivity index (χ0v) is 15.6. The third-order valence-electron chi connectivity index (χ3n) is 3.98. The number of hydrogen-bond acceptors (Lipinski definition) is 4. The predicted octanol–water partition coefficient (Wildman–Crippen LogP) is 5.12. The smallest absolute Gasteiger partial charge is 0.273 e. The molecule has 0 spiro atoms. The van der Waals surface area contributed by atoms with Gasteiger partial charge in [0.2, 0.25) is 0 Å². The number of ether oxygens (including phenoxy) is 1. The molecule has 0 aliphatic rings. The van der Waals surface area contributed by atoms with Gasteiger partial charge in [0.05, 0.1) is 17.8 Å². The second-order valence-electron chi connectivity index (χ2n) is 5.71. The van der Waals surface area contributed by atoms with Gasteiger partial charge in [-0.2, -0.15) is 0 Å². The number of benzene rings is 2.